The second-order valence-electron chi connectivity index (χ2n) is 4.25. The lowest BCUT2D eigenvalue weighted by molar-refractivity contribution is 0.171. The second kappa shape index (κ2) is 5.83. The molecule has 0 aliphatic rings. The molecule has 18 heavy (non-hydrogen) atoms. The van der Waals surface area contributed by atoms with Gasteiger partial charge in [0.05, 0.1) is 6.61 Å². The average Bonchev–Trinajstić information content (AvgIpc) is 2.38. The van der Waals surface area contributed by atoms with Crippen molar-refractivity contribution in [3.63, 3.8) is 0 Å². The van der Waals surface area contributed by atoms with Crippen molar-refractivity contribution in [1.82, 2.24) is 0 Å². The first-order valence-electron chi connectivity index (χ1n) is 6.03. The van der Waals surface area contributed by atoms with Crippen molar-refractivity contribution in [2.45, 2.75) is 13.3 Å². The molecule has 2 nitrogen and oxygen atoms in total. The molecule has 2 aromatic rings. The first-order chi connectivity index (χ1) is 8.74. The van der Waals surface area contributed by atoms with Crippen LogP contribution in [0.3, 0.4) is 0 Å². The fraction of sp³-hybridized carbons (Fsp3) is 0.333. The lowest BCUT2D eigenvalue weighted by Crippen LogP contribution is -2.04. The van der Waals surface area contributed by atoms with Crippen molar-refractivity contribution in [2.75, 3.05) is 20.3 Å². The molecule has 0 aromatic heterocycles. The summed E-state index contributed by atoms with van der Waals surface area (Å²) in [6, 6.07) is 9.51. The van der Waals surface area contributed by atoms with Crippen LogP contribution >= 0.6 is 0 Å². The molecule has 0 atom stereocenters. The molecule has 0 saturated carbocycles. The number of rotatable bonds is 5. The van der Waals surface area contributed by atoms with E-state index in [0.29, 0.717) is 24.5 Å². The van der Waals surface area contributed by atoms with E-state index in [0.717, 1.165) is 17.2 Å². The standard InChI is InChI=1S/C15H17FO2/c1-11-10-12-6-3-4-7-13(12)15(14(11)16)18-9-5-8-17-2/h3-4,6-7,10H,5,8-9H2,1-2H3. The third-order valence-electron chi connectivity index (χ3n) is 2.86. The van der Waals surface area contributed by atoms with Crippen LogP contribution in [-0.4, -0.2) is 20.3 Å². The molecular weight excluding hydrogens is 231 g/mol. The molecule has 3 heteroatoms. The van der Waals surface area contributed by atoms with Crippen molar-refractivity contribution in [1.29, 1.82) is 0 Å². The molecule has 0 aliphatic carbocycles. The van der Waals surface area contributed by atoms with Gasteiger partial charge in [-0.2, -0.15) is 0 Å². The van der Waals surface area contributed by atoms with E-state index in [-0.39, 0.29) is 5.82 Å². The molecule has 0 N–H and O–H groups in total. The van der Waals surface area contributed by atoms with E-state index in [1.54, 1.807) is 14.0 Å². The van der Waals surface area contributed by atoms with E-state index < -0.39 is 0 Å². The number of halogens is 1. The van der Waals surface area contributed by atoms with Crippen LogP contribution in [0.25, 0.3) is 10.8 Å². The summed E-state index contributed by atoms with van der Waals surface area (Å²) in [5.74, 6) is 0.0767. The van der Waals surface area contributed by atoms with E-state index in [9.17, 15) is 4.39 Å². The molecule has 0 bridgehead atoms. The van der Waals surface area contributed by atoms with Gasteiger partial charge >= 0.3 is 0 Å². The number of benzene rings is 2. The van der Waals surface area contributed by atoms with Crippen molar-refractivity contribution in [3.05, 3.63) is 41.7 Å². The molecule has 0 amide bonds. The highest BCUT2D eigenvalue weighted by atomic mass is 19.1. The second-order valence-corrected chi connectivity index (χ2v) is 4.25. The van der Waals surface area contributed by atoms with Gasteiger partial charge in [0, 0.05) is 25.5 Å². The average molecular weight is 248 g/mol. The van der Waals surface area contributed by atoms with E-state index in [1.807, 2.05) is 30.3 Å². The van der Waals surface area contributed by atoms with Crippen LogP contribution in [0.15, 0.2) is 30.3 Å². The van der Waals surface area contributed by atoms with Gasteiger partial charge < -0.3 is 9.47 Å². The summed E-state index contributed by atoms with van der Waals surface area (Å²) in [5.41, 5.74) is 0.607. The minimum Gasteiger partial charge on any atom is -0.490 e. The monoisotopic (exact) mass is 248 g/mol. The van der Waals surface area contributed by atoms with E-state index in [4.69, 9.17) is 9.47 Å². The van der Waals surface area contributed by atoms with Crippen molar-refractivity contribution in [2.24, 2.45) is 0 Å². The van der Waals surface area contributed by atoms with Gasteiger partial charge in [-0.1, -0.05) is 24.3 Å². The Morgan fingerprint density at radius 3 is 2.72 bits per heavy atom. The zero-order chi connectivity index (χ0) is 13.0. The Bertz CT molecular complexity index is 537. The fourth-order valence-corrected chi connectivity index (χ4v) is 1.94. The Hall–Kier alpha value is -1.61. The molecule has 0 heterocycles. The summed E-state index contributed by atoms with van der Waals surface area (Å²) in [4.78, 5) is 0. The molecule has 0 fully saturated rings. The summed E-state index contributed by atoms with van der Waals surface area (Å²) >= 11 is 0. The van der Waals surface area contributed by atoms with Crippen molar-refractivity contribution in [3.8, 4) is 5.75 Å². The maximum Gasteiger partial charge on any atom is 0.168 e. The van der Waals surface area contributed by atoms with E-state index in [2.05, 4.69) is 0 Å². The predicted octanol–water partition coefficient (Wildman–Crippen LogP) is 3.70. The molecule has 0 radical (unpaired) electrons. The molecule has 96 valence electrons. The summed E-state index contributed by atoms with van der Waals surface area (Å²) in [6.45, 7) is 2.83. The van der Waals surface area contributed by atoms with Gasteiger partial charge in [0.2, 0.25) is 0 Å². The minimum atomic E-state index is -0.272. The highest BCUT2D eigenvalue weighted by Gasteiger charge is 2.11. The van der Waals surface area contributed by atoms with E-state index >= 15 is 0 Å². The van der Waals surface area contributed by atoms with Crippen molar-refractivity contribution >= 4 is 10.8 Å². The molecule has 0 saturated heterocycles. The van der Waals surface area contributed by atoms with Crippen LogP contribution in [0.4, 0.5) is 4.39 Å². The topological polar surface area (TPSA) is 18.5 Å². The smallest absolute Gasteiger partial charge is 0.168 e. The zero-order valence-corrected chi connectivity index (χ0v) is 10.7. The first-order valence-corrected chi connectivity index (χ1v) is 6.03. The SMILES string of the molecule is COCCCOc1c(F)c(C)cc2ccccc12. The number of aryl methyl sites for hydroxylation is 1. The Morgan fingerprint density at radius 1 is 1.17 bits per heavy atom. The van der Waals surface area contributed by atoms with Crippen LogP contribution in [0.5, 0.6) is 5.75 Å². The minimum absolute atomic E-state index is 0.272. The van der Waals surface area contributed by atoms with Gasteiger partial charge in [-0.25, -0.2) is 4.39 Å². The van der Waals surface area contributed by atoms with Crippen LogP contribution in [0.2, 0.25) is 0 Å². The van der Waals surface area contributed by atoms with Crippen LogP contribution < -0.4 is 4.74 Å². The molecule has 0 spiro atoms. The maximum absolute atomic E-state index is 14.1. The number of fused-ring (bicyclic) bond motifs is 1. The molecular formula is C15H17FO2. The Balaban J connectivity index is 2.31. The van der Waals surface area contributed by atoms with Gasteiger partial charge in [0.15, 0.2) is 11.6 Å². The first kappa shape index (κ1) is 12.8. The third-order valence-corrected chi connectivity index (χ3v) is 2.86. The molecule has 2 rings (SSSR count). The summed E-state index contributed by atoms with van der Waals surface area (Å²) < 4.78 is 24.6. The van der Waals surface area contributed by atoms with Crippen LogP contribution in [-0.2, 0) is 4.74 Å². The molecule has 0 unspecified atom stereocenters. The van der Waals surface area contributed by atoms with Gasteiger partial charge in [-0.3, -0.25) is 0 Å². The Kier molecular flexibility index (Phi) is 4.15. The van der Waals surface area contributed by atoms with Gasteiger partial charge in [0.25, 0.3) is 0 Å². The van der Waals surface area contributed by atoms with Crippen molar-refractivity contribution < 1.29 is 13.9 Å². The van der Waals surface area contributed by atoms with Gasteiger partial charge in [-0.05, 0) is 23.9 Å². The van der Waals surface area contributed by atoms with E-state index in [1.165, 1.54) is 0 Å². The number of ether oxygens (including phenoxy) is 2. The highest BCUT2D eigenvalue weighted by Crippen LogP contribution is 2.31. The zero-order valence-electron chi connectivity index (χ0n) is 10.7. The number of hydrogen-bond acceptors (Lipinski definition) is 2. The summed E-state index contributed by atoms with van der Waals surface area (Å²) in [6.07, 6.45) is 0.748. The Labute approximate surface area is 106 Å². The Morgan fingerprint density at radius 2 is 1.94 bits per heavy atom. The number of methoxy groups -OCH3 is 1. The molecule has 0 aliphatic heterocycles. The predicted molar refractivity (Wildman–Crippen MR) is 70.6 cm³/mol. The largest absolute Gasteiger partial charge is 0.490 e. The quantitative estimate of drug-likeness (QED) is 0.751. The lowest BCUT2D eigenvalue weighted by atomic mass is 10.1. The molecule has 2 aromatic carbocycles. The van der Waals surface area contributed by atoms with Gasteiger partial charge in [-0.15, -0.1) is 0 Å². The normalized spacial score (nSPS) is 10.8. The summed E-state index contributed by atoms with van der Waals surface area (Å²) in [5, 5.41) is 1.82. The lowest BCUT2D eigenvalue weighted by Gasteiger charge is -2.12. The van der Waals surface area contributed by atoms with Crippen LogP contribution in [0, 0.1) is 12.7 Å². The summed E-state index contributed by atoms with van der Waals surface area (Å²) in [7, 11) is 1.64. The van der Waals surface area contributed by atoms with Gasteiger partial charge in [0.1, 0.15) is 0 Å². The maximum atomic E-state index is 14.1. The highest BCUT2D eigenvalue weighted by molar-refractivity contribution is 5.89. The number of hydrogen-bond donors (Lipinski definition) is 0. The fourth-order valence-electron chi connectivity index (χ4n) is 1.94. The third kappa shape index (κ3) is 2.62. The van der Waals surface area contributed by atoms with Crippen LogP contribution in [0.1, 0.15) is 12.0 Å².